The molecule has 0 saturated heterocycles. The summed E-state index contributed by atoms with van der Waals surface area (Å²) >= 11 is 0. The van der Waals surface area contributed by atoms with Gasteiger partial charge in [0.2, 0.25) is 5.91 Å². The highest BCUT2D eigenvalue weighted by molar-refractivity contribution is 5.81. The highest BCUT2D eigenvalue weighted by atomic mass is 16.2. The molecular formula is C15H31N3O. The summed E-state index contributed by atoms with van der Waals surface area (Å²) in [5.74, 6) is 0.173. The lowest BCUT2D eigenvalue weighted by Gasteiger charge is -2.35. The van der Waals surface area contributed by atoms with Crippen molar-refractivity contribution in [1.82, 2.24) is 10.2 Å². The van der Waals surface area contributed by atoms with E-state index in [2.05, 4.69) is 24.1 Å². The molecule has 1 saturated carbocycles. The van der Waals surface area contributed by atoms with Gasteiger partial charge < -0.3 is 11.1 Å². The van der Waals surface area contributed by atoms with E-state index in [1.165, 1.54) is 12.8 Å². The summed E-state index contributed by atoms with van der Waals surface area (Å²) in [6, 6.07) is 0.776. The van der Waals surface area contributed by atoms with Crippen LogP contribution in [0.4, 0.5) is 0 Å². The van der Waals surface area contributed by atoms with Crippen LogP contribution in [0.25, 0.3) is 0 Å². The first-order valence-corrected chi connectivity index (χ1v) is 7.90. The third-order valence-corrected chi connectivity index (χ3v) is 4.38. The molecule has 0 bridgehead atoms. The third-order valence-electron chi connectivity index (χ3n) is 4.38. The lowest BCUT2D eigenvalue weighted by atomic mass is 10.1. The molecule has 1 atom stereocenters. The number of rotatable bonds is 8. The number of carbonyl (C=O) groups excluding carboxylic acids is 1. The van der Waals surface area contributed by atoms with Crippen LogP contribution in [0.5, 0.6) is 0 Å². The Bertz CT molecular complexity index is 260. The van der Waals surface area contributed by atoms with Crippen LogP contribution in [0.3, 0.4) is 0 Å². The van der Waals surface area contributed by atoms with Crippen molar-refractivity contribution >= 4 is 5.91 Å². The van der Waals surface area contributed by atoms with Crippen molar-refractivity contribution in [1.29, 1.82) is 0 Å². The zero-order chi connectivity index (χ0) is 14.3. The minimum Gasteiger partial charge on any atom is -0.352 e. The maximum Gasteiger partial charge on any atom is 0.237 e. The average Bonchev–Trinajstić information content (AvgIpc) is 2.91. The van der Waals surface area contributed by atoms with Gasteiger partial charge in [0.1, 0.15) is 0 Å². The van der Waals surface area contributed by atoms with Crippen LogP contribution in [-0.4, -0.2) is 42.0 Å². The molecule has 19 heavy (non-hydrogen) atoms. The summed E-state index contributed by atoms with van der Waals surface area (Å²) in [5, 5.41) is 3.20. The molecule has 4 nitrogen and oxygen atoms in total. The minimum atomic E-state index is -0.0750. The van der Waals surface area contributed by atoms with Crippen LogP contribution in [0.15, 0.2) is 0 Å². The zero-order valence-electron chi connectivity index (χ0n) is 12.8. The molecule has 1 fully saturated rings. The molecule has 4 heteroatoms. The fourth-order valence-electron chi connectivity index (χ4n) is 3.14. The van der Waals surface area contributed by atoms with Gasteiger partial charge in [-0.25, -0.2) is 0 Å². The standard InChI is InChI=1S/C15H31N3O/c1-4-14(5-2)18(11-10-16)12(3)15(19)17-13-8-6-7-9-13/h12-14H,4-11,16H2,1-3H3,(H,17,19). The molecule has 1 rings (SSSR count). The maximum atomic E-state index is 12.4. The van der Waals surface area contributed by atoms with Crippen molar-refractivity contribution in [3.63, 3.8) is 0 Å². The summed E-state index contributed by atoms with van der Waals surface area (Å²) in [6.07, 6.45) is 6.91. The second kappa shape index (κ2) is 8.54. The third kappa shape index (κ3) is 4.77. The summed E-state index contributed by atoms with van der Waals surface area (Å²) in [5.41, 5.74) is 5.70. The smallest absolute Gasteiger partial charge is 0.237 e. The van der Waals surface area contributed by atoms with Gasteiger partial charge in [0.05, 0.1) is 6.04 Å². The van der Waals surface area contributed by atoms with Gasteiger partial charge in [0, 0.05) is 25.2 Å². The Hall–Kier alpha value is -0.610. The zero-order valence-corrected chi connectivity index (χ0v) is 12.8. The first-order chi connectivity index (χ1) is 9.13. The van der Waals surface area contributed by atoms with Crippen molar-refractivity contribution in [2.75, 3.05) is 13.1 Å². The number of nitrogens with two attached hydrogens (primary N) is 1. The highest BCUT2D eigenvalue weighted by Gasteiger charge is 2.27. The van der Waals surface area contributed by atoms with Crippen LogP contribution in [0.2, 0.25) is 0 Å². The van der Waals surface area contributed by atoms with Crippen LogP contribution in [0.1, 0.15) is 59.3 Å². The second-order valence-corrected chi connectivity index (χ2v) is 5.66. The number of nitrogens with zero attached hydrogens (tertiary/aromatic N) is 1. The Morgan fingerprint density at radius 2 is 1.89 bits per heavy atom. The predicted octanol–water partition coefficient (Wildman–Crippen LogP) is 1.88. The molecule has 0 radical (unpaired) electrons. The summed E-state index contributed by atoms with van der Waals surface area (Å²) in [4.78, 5) is 14.6. The topological polar surface area (TPSA) is 58.4 Å². The maximum absolute atomic E-state index is 12.4. The molecule has 0 aliphatic heterocycles. The van der Waals surface area contributed by atoms with Gasteiger partial charge in [-0.2, -0.15) is 0 Å². The average molecular weight is 269 g/mol. The predicted molar refractivity (Wildman–Crippen MR) is 80.0 cm³/mol. The second-order valence-electron chi connectivity index (χ2n) is 5.66. The monoisotopic (exact) mass is 269 g/mol. The SMILES string of the molecule is CCC(CC)N(CCN)C(C)C(=O)NC1CCCC1. The van der Waals surface area contributed by atoms with Crippen LogP contribution >= 0.6 is 0 Å². The highest BCUT2D eigenvalue weighted by Crippen LogP contribution is 2.18. The van der Waals surface area contributed by atoms with E-state index in [9.17, 15) is 4.79 Å². The molecular weight excluding hydrogens is 238 g/mol. The van der Waals surface area contributed by atoms with Crippen molar-refractivity contribution in [2.45, 2.75) is 77.4 Å². The van der Waals surface area contributed by atoms with Gasteiger partial charge >= 0.3 is 0 Å². The normalized spacial score (nSPS) is 18.2. The molecule has 0 aromatic carbocycles. The number of hydrogen-bond acceptors (Lipinski definition) is 3. The lowest BCUT2D eigenvalue weighted by Crippen LogP contribution is -2.52. The number of carbonyl (C=O) groups is 1. The Labute approximate surface area is 118 Å². The fourth-order valence-corrected chi connectivity index (χ4v) is 3.14. The fraction of sp³-hybridized carbons (Fsp3) is 0.933. The van der Waals surface area contributed by atoms with Gasteiger partial charge in [0.25, 0.3) is 0 Å². The largest absolute Gasteiger partial charge is 0.352 e. The van der Waals surface area contributed by atoms with E-state index in [-0.39, 0.29) is 11.9 Å². The van der Waals surface area contributed by atoms with E-state index < -0.39 is 0 Å². The van der Waals surface area contributed by atoms with Gasteiger partial charge in [-0.05, 0) is 32.6 Å². The quantitative estimate of drug-likeness (QED) is 0.707. The Balaban J connectivity index is 2.57. The minimum absolute atomic E-state index is 0.0750. The summed E-state index contributed by atoms with van der Waals surface area (Å²) in [6.45, 7) is 7.78. The van der Waals surface area contributed by atoms with Gasteiger partial charge in [-0.1, -0.05) is 26.7 Å². The summed E-state index contributed by atoms with van der Waals surface area (Å²) in [7, 11) is 0. The number of nitrogens with one attached hydrogen (secondary N) is 1. The van der Waals surface area contributed by atoms with E-state index in [4.69, 9.17) is 5.73 Å². The van der Waals surface area contributed by atoms with Crippen molar-refractivity contribution in [3.05, 3.63) is 0 Å². The molecule has 1 amide bonds. The Morgan fingerprint density at radius 3 is 2.37 bits per heavy atom. The van der Waals surface area contributed by atoms with E-state index >= 15 is 0 Å². The summed E-state index contributed by atoms with van der Waals surface area (Å²) < 4.78 is 0. The molecule has 3 N–H and O–H groups in total. The molecule has 0 aromatic heterocycles. The Kier molecular flexibility index (Phi) is 7.39. The molecule has 1 unspecified atom stereocenters. The van der Waals surface area contributed by atoms with Crippen LogP contribution in [0, 0.1) is 0 Å². The van der Waals surface area contributed by atoms with E-state index in [0.29, 0.717) is 18.6 Å². The van der Waals surface area contributed by atoms with E-state index in [0.717, 1.165) is 32.2 Å². The molecule has 0 heterocycles. The number of hydrogen-bond donors (Lipinski definition) is 2. The van der Waals surface area contributed by atoms with Crippen LogP contribution in [-0.2, 0) is 4.79 Å². The molecule has 1 aliphatic rings. The number of amides is 1. The molecule has 1 aliphatic carbocycles. The van der Waals surface area contributed by atoms with Gasteiger partial charge in [-0.3, -0.25) is 9.69 Å². The van der Waals surface area contributed by atoms with E-state index in [1.54, 1.807) is 0 Å². The van der Waals surface area contributed by atoms with Crippen molar-refractivity contribution in [2.24, 2.45) is 5.73 Å². The first kappa shape index (κ1) is 16.4. The lowest BCUT2D eigenvalue weighted by molar-refractivity contribution is -0.127. The molecule has 112 valence electrons. The van der Waals surface area contributed by atoms with E-state index in [1.807, 2.05) is 6.92 Å². The van der Waals surface area contributed by atoms with Gasteiger partial charge in [0.15, 0.2) is 0 Å². The van der Waals surface area contributed by atoms with Crippen LogP contribution < -0.4 is 11.1 Å². The Morgan fingerprint density at radius 1 is 1.32 bits per heavy atom. The van der Waals surface area contributed by atoms with Crippen molar-refractivity contribution < 1.29 is 4.79 Å². The molecule has 0 spiro atoms. The van der Waals surface area contributed by atoms with Gasteiger partial charge in [-0.15, -0.1) is 0 Å². The molecule has 0 aromatic rings. The first-order valence-electron chi connectivity index (χ1n) is 7.90. The van der Waals surface area contributed by atoms with Crippen molar-refractivity contribution in [3.8, 4) is 0 Å².